The summed E-state index contributed by atoms with van der Waals surface area (Å²) in [7, 11) is 0. The number of hydrogen-bond acceptors (Lipinski definition) is 8. The molecule has 1 amide bonds. The summed E-state index contributed by atoms with van der Waals surface area (Å²) < 4.78 is 10.4. The lowest BCUT2D eigenvalue weighted by atomic mass is 10.1. The van der Waals surface area contributed by atoms with Crippen molar-refractivity contribution in [2.75, 3.05) is 11.9 Å². The lowest BCUT2D eigenvalue weighted by Crippen LogP contribution is -2.23. The number of carbonyl (C=O) groups excluding carboxylic acids is 3. The molecule has 2 rings (SSSR count). The van der Waals surface area contributed by atoms with Crippen LogP contribution in [0.15, 0.2) is 24.3 Å². The highest BCUT2D eigenvalue weighted by molar-refractivity contribution is 7.18. The van der Waals surface area contributed by atoms with E-state index in [1.807, 2.05) is 0 Å². The van der Waals surface area contributed by atoms with E-state index in [4.69, 9.17) is 9.47 Å². The third kappa shape index (κ3) is 5.41. The van der Waals surface area contributed by atoms with Gasteiger partial charge in [-0.2, -0.15) is 0 Å². The van der Waals surface area contributed by atoms with E-state index >= 15 is 0 Å². The first-order valence-electron chi connectivity index (χ1n) is 9.04. The molecule has 0 atom stereocenters. The minimum Gasteiger partial charge on any atom is -0.462 e. The molecule has 0 bridgehead atoms. The van der Waals surface area contributed by atoms with Crippen LogP contribution in [-0.2, 0) is 9.47 Å². The number of rotatable bonds is 6. The molecule has 9 nitrogen and oxygen atoms in total. The maximum Gasteiger partial charge on any atom is 0.349 e. The summed E-state index contributed by atoms with van der Waals surface area (Å²) in [6.45, 7) is 8.49. The lowest BCUT2D eigenvalue weighted by Gasteiger charge is -2.19. The van der Waals surface area contributed by atoms with Gasteiger partial charge in [-0.3, -0.25) is 14.9 Å². The summed E-state index contributed by atoms with van der Waals surface area (Å²) in [4.78, 5) is 48.0. The van der Waals surface area contributed by atoms with Gasteiger partial charge < -0.3 is 14.8 Å². The predicted octanol–water partition coefficient (Wildman–Crippen LogP) is 4.35. The van der Waals surface area contributed by atoms with Crippen LogP contribution in [0.3, 0.4) is 0 Å². The Kier molecular flexibility index (Phi) is 6.93. The number of esters is 2. The number of carbonyl (C=O) groups is 3. The molecule has 0 aliphatic heterocycles. The van der Waals surface area contributed by atoms with E-state index in [1.54, 1.807) is 34.6 Å². The molecular formula is C20H22N2O7S. The average molecular weight is 434 g/mol. The van der Waals surface area contributed by atoms with E-state index in [1.165, 1.54) is 24.3 Å². The number of hydrogen-bond donors (Lipinski definition) is 1. The van der Waals surface area contributed by atoms with Crippen LogP contribution in [0.5, 0.6) is 0 Å². The molecule has 0 aliphatic carbocycles. The van der Waals surface area contributed by atoms with E-state index in [0.29, 0.717) is 5.56 Å². The zero-order valence-electron chi connectivity index (χ0n) is 17.2. The van der Waals surface area contributed by atoms with Gasteiger partial charge >= 0.3 is 11.9 Å². The van der Waals surface area contributed by atoms with Gasteiger partial charge in [-0.1, -0.05) is 0 Å². The molecule has 0 spiro atoms. The molecule has 0 radical (unpaired) electrons. The molecule has 1 heterocycles. The number of nitro benzene ring substituents is 1. The van der Waals surface area contributed by atoms with Crippen LogP contribution >= 0.6 is 11.3 Å². The quantitative estimate of drug-likeness (QED) is 0.407. The smallest absolute Gasteiger partial charge is 0.349 e. The SMILES string of the molecule is CCOC(=O)c1c(NC(=O)c2ccc([N+](=O)[O-])cc2)sc(C(=O)OC(C)(C)C)c1C. The van der Waals surface area contributed by atoms with Gasteiger partial charge in [0.25, 0.3) is 11.6 Å². The Morgan fingerprint density at radius 2 is 1.73 bits per heavy atom. The molecule has 0 fully saturated rings. The second-order valence-corrected chi connectivity index (χ2v) is 8.26. The Morgan fingerprint density at radius 1 is 1.13 bits per heavy atom. The maximum absolute atomic E-state index is 12.6. The fourth-order valence-corrected chi connectivity index (χ4v) is 3.55. The topological polar surface area (TPSA) is 125 Å². The van der Waals surface area contributed by atoms with Crippen LogP contribution in [0.25, 0.3) is 0 Å². The first-order valence-corrected chi connectivity index (χ1v) is 9.86. The number of anilines is 1. The molecule has 160 valence electrons. The highest BCUT2D eigenvalue weighted by atomic mass is 32.1. The molecule has 0 aliphatic rings. The monoisotopic (exact) mass is 434 g/mol. The Bertz CT molecular complexity index is 988. The van der Waals surface area contributed by atoms with Gasteiger partial charge in [-0.25, -0.2) is 9.59 Å². The van der Waals surface area contributed by atoms with Crippen molar-refractivity contribution in [1.82, 2.24) is 0 Å². The third-order valence-corrected chi connectivity index (χ3v) is 4.97. The number of nitro groups is 1. The molecule has 0 saturated heterocycles. The summed E-state index contributed by atoms with van der Waals surface area (Å²) in [5, 5.41) is 13.5. The van der Waals surface area contributed by atoms with Crippen molar-refractivity contribution in [3.05, 3.63) is 55.9 Å². The van der Waals surface area contributed by atoms with Crippen molar-refractivity contribution in [2.45, 2.75) is 40.2 Å². The van der Waals surface area contributed by atoms with Gasteiger partial charge in [0.05, 0.1) is 17.1 Å². The molecule has 1 aromatic carbocycles. The van der Waals surface area contributed by atoms with Gasteiger partial charge in [0.2, 0.25) is 0 Å². The summed E-state index contributed by atoms with van der Waals surface area (Å²) in [5.41, 5.74) is -0.331. The van der Waals surface area contributed by atoms with Gasteiger partial charge in [-0.05, 0) is 52.3 Å². The van der Waals surface area contributed by atoms with Gasteiger partial charge in [-0.15, -0.1) is 11.3 Å². The molecule has 0 saturated carbocycles. The largest absolute Gasteiger partial charge is 0.462 e. The van der Waals surface area contributed by atoms with E-state index in [-0.39, 0.29) is 33.3 Å². The minimum atomic E-state index is -0.736. The van der Waals surface area contributed by atoms with Crippen LogP contribution in [0.1, 0.15) is 63.6 Å². The standard InChI is InChI=1S/C20H22N2O7S/c1-6-28-18(24)14-11(2)15(19(25)29-20(3,4)5)30-17(14)21-16(23)12-7-9-13(10-8-12)22(26)27/h7-10H,6H2,1-5H3,(H,21,23). The Balaban J connectivity index is 2.40. The number of nitrogens with zero attached hydrogens (tertiary/aromatic N) is 1. The molecule has 0 unspecified atom stereocenters. The van der Waals surface area contributed by atoms with Gasteiger partial charge in [0, 0.05) is 17.7 Å². The van der Waals surface area contributed by atoms with E-state index < -0.39 is 28.4 Å². The summed E-state index contributed by atoms with van der Waals surface area (Å²) in [6.07, 6.45) is 0. The average Bonchev–Trinajstić information content (AvgIpc) is 2.96. The Hall–Kier alpha value is -3.27. The van der Waals surface area contributed by atoms with Crippen LogP contribution in [-0.4, -0.2) is 35.0 Å². The highest BCUT2D eigenvalue weighted by Crippen LogP contribution is 2.35. The number of thiophene rings is 1. The normalized spacial score (nSPS) is 11.0. The lowest BCUT2D eigenvalue weighted by molar-refractivity contribution is -0.384. The number of non-ortho nitro benzene ring substituents is 1. The first kappa shape index (κ1) is 23.0. The van der Waals surface area contributed by atoms with E-state index in [9.17, 15) is 24.5 Å². The fraction of sp³-hybridized carbons (Fsp3) is 0.350. The second-order valence-electron chi connectivity index (χ2n) is 7.24. The third-order valence-electron chi connectivity index (χ3n) is 3.78. The van der Waals surface area contributed by atoms with Crippen molar-refractivity contribution in [3.8, 4) is 0 Å². The minimum absolute atomic E-state index is 0.0676. The molecule has 1 aromatic heterocycles. The Labute approximate surface area is 177 Å². The van der Waals surface area contributed by atoms with Crippen LogP contribution < -0.4 is 5.32 Å². The van der Waals surface area contributed by atoms with Crippen LogP contribution in [0.2, 0.25) is 0 Å². The summed E-state index contributed by atoms with van der Waals surface area (Å²) >= 11 is 0.905. The number of nitrogens with one attached hydrogen (secondary N) is 1. The van der Waals surface area contributed by atoms with Crippen molar-refractivity contribution in [3.63, 3.8) is 0 Å². The zero-order valence-corrected chi connectivity index (χ0v) is 18.0. The van der Waals surface area contributed by atoms with Gasteiger partial charge in [0.1, 0.15) is 15.5 Å². The summed E-state index contributed by atoms with van der Waals surface area (Å²) in [6, 6.07) is 5.00. The van der Waals surface area contributed by atoms with Crippen molar-refractivity contribution >= 4 is 39.9 Å². The second kappa shape index (κ2) is 9.04. The fourth-order valence-electron chi connectivity index (χ4n) is 2.48. The molecule has 10 heteroatoms. The van der Waals surface area contributed by atoms with Crippen LogP contribution in [0, 0.1) is 17.0 Å². The Morgan fingerprint density at radius 3 is 2.23 bits per heavy atom. The molecular weight excluding hydrogens is 412 g/mol. The van der Waals surface area contributed by atoms with Crippen molar-refractivity contribution in [1.29, 1.82) is 0 Å². The molecule has 30 heavy (non-hydrogen) atoms. The maximum atomic E-state index is 12.6. The molecule has 2 aromatic rings. The number of ether oxygens (including phenoxy) is 2. The number of amides is 1. The van der Waals surface area contributed by atoms with E-state index in [0.717, 1.165) is 11.3 Å². The first-order chi connectivity index (χ1) is 13.9. The number of benzene rings is 1. The van der Waals surface area contributed by atoms with Crippen molar-refractivity contribution in [2.24, 2.45) is 0 Å². The van der Waals surface area contributed by atoms with Gasteiger partial charge in [0.15, 0.2) is 0 Å². The summed E-state index contributed by atoms with van der Waals surface area (Å²) in [5.74, 6) is -1.89. The molecule has 1 N–H and O–H groups in total. The zero-order chi connectivity index (χ0) is 22.6. The highest BCUT2D eigenvalue weighted by Gasteiger charge is 2.29. The van der Waals surface area contributed by atoms with Crippen molar-refractivity contribution < 1.29 is 28.8 Å². The van der Waals surface area contributed by atoms with Crippen LogP contribution in [0.4, 0.5) is 10.7 Å². The van der Waals surface area contributed by atoms with E-state index in [2.05, 4.69) is 5.32 Å². The predicted molar refractivity (Wildman–Crippen MR) is 111 cm³/mol.